The number of rotatable bonds is 4. The SMILES string of the molecule is Cc1cc(CNCC2CCOCC2)cc(C)c1O. The summed E-state index contributed by atoms with van der Waals surface area (Å²) in [6.07, 6.45) is 2.33. The fourth-order valence-corrected chi connectivity index (χ4v) is 2.52. The smallest absolute Gasteiger partial charge is 0.121 e. The quantitative estimate of drug-likeness (QED) is 0.861. The molecule has 0 aliphatic carbocycles. The molecule has 2 N–H and O–H groups in total. The normalized spacial score (nSPS) is 17.0. The van der Waals surface area contributed by atoms with E-state index in [2.05, 4.69) is 17.4 Å². The summed E-state index contributed by atoms with van der Waals surface area (Å²) in [4.78, 5) is 0. The Morgan fingerprint density at radius 3 is 2.44 bits per heavy atom. The van der Waals surface area contributed by atoms with Crippen LogP contribution < -0.4 is 5.32 Å². The van der Waals surface area contributed by atoms with E-state index in [0.29, 0.717) is 5.75 Å². The van der Waals surface area contributed by atoms with E-state index < -0.39 is 0 Å². The fraction of sp³-hybridized carbons (Fsp3) is 0.600. The number of aryl methyl sites for hydroxylation is 2. The highest BCUT2D eigenvalue weighted by Gasteiger charge is 2.13. The predicted molar refractivity (Wildman–Crippen MR) is 72.8 cm³/mol. The summed E-state index contributed by atoms with van der Waals surface area (Å²) in [6, 6.07) is 4.11. The number of benzene rings is 1. The van der Waals surface area contributed by atoms with Gasteiger partial charge in [0.1, 0.15) is 5.75 Å². The molecule has 0 aromatic heterocycles. The molecule has 1 aliphatic heterocycles. The average molecular weight is 249 g/mol. The molecule has 0 bridgehead atoms. The highest BCUT2D eigenvalue weighted by atomic mass is 16.5. The van der Waals surface area contributed by atoms with Gasteiger partial charge in [-0.15, -0.1) is 0 Å². The summed E-state index contributed by atoms with van der Waals surface area (Å²) in [5.74, 6) is 1.17. The Balaban J connectivity index is 1.82. The zero-order valence-corrected chi connectivity index (χ0v) is 11.3. The number of phenolic OH excluding ortho intramolecular Hbond substituents is 1. The second-order valence-corrected chi connectivity index (χ2v) is 5.26. The topological polar surface area (TPSA) is 41.5 Å². The van der Waals surface area contributed by atoms with E-state index in [-0.39, 0.29) is 0 Å². The van der Waals surface area contributed by atoms with Gasteiger partial charge < -0.3 is 15.2 Å². The fourth-order valence-electron chi connectivity index (χ4n) is 2.52. The number of hydrogen-bond donors (Lipinski definition) is 2. The molecule has 0 spiro atoms. The van der Waals surface area contributed by atoms with Crippen LogP contribution in [0.4, 0.5) is 0 Å². The summed E-state index contributed by atoms with van der Waals surface area (Å²) >= 11 is 0. The Kier molecular flexibility index (Phi) is 4.61. The molecule has 0 unspecified atom stereocenters. The molecule has 3 heteroatoms. The first-order chi connectivity index (χ1) is 8.66. The van der Waals surface area contributed by atoms with Gasteiger partial charge in [0, 0.05) is 19.8 Å². The molecule has 18 heavy (non-hydrogen) atoms. The minimum Gasteiger partial charge on any atom is -0.507 e. The van der Waals surface area contributed by atoms with Crippen molar-refractivity contribution in [2.24, 2.45) is 5.92 Å². The Labute approximate surface area is 109 Å². The van der Waals surface area contributed by atoms with Crippen molar-refractivity contribution in [2.75, 3.05) is 19.8 Å². The van der Waals surface area contributed by atoms with Gasteiger partial charge in [-0.1, -0.05) is 12.1 Å². The van der Waals surface area contributed by atoms with Gasteiger partial charge in [0.2, 0.25) is 0 Å². The summed E-state index contributed by atoms with van der Waals surface area (Å²) < 4.78 is 5.35. The summed E-state index contributed by atoms with van der Waals surface area (Å²) in [5.41, 5.74) is 3.16. The zero-order chi connectivity index (χ0) is 13.0. The van der Waals surface area contributed by atoms with Gasteiger partial charge in [-0.05, 0) is 55.8 Å². The zero-order valence-electron chi connectivity index (χ0n) is 11.3. The van der Waals surface area contributed by atoms with E-state index in [4.69, 9.17) is 4.74 Å². The molecule has 0 radical (unpaired) electrons. The lowest BCUT2D eigenvalue weighted by molar-refractivity contribution is 0.0662. The largest absolute Gasteiger partial charge is 0.507 e. The van der Waals surface area contributed by atoms with Crippen LogP contribution >= 0.6 is 0 Å². The van der Waals surface area contributed by atoms with Crippen LogP contribution in [0.5, 0.6) is 5.75 Å². The van der Waals surface area contributed by atoms with Crippen LogP contribution in [0.2, 0.25) is 0 Å². The second-order valence-electron chi connectivity index (χ2n) is 5.26. The molecule has 0 amide bonds. The number of aromatic hydroxyl groups is 1. The van der Waals surface area contributed by atoms with Gasteiger partial charge in [0.25, 0.3) is 0 Å². The Morgan fingerprint density at radius 1 is 1.22 bits per heavy atom. The molecule has 100 valence electrons. The second kappa shape index (κ2) is 6.21. The minimum atomic E-state index is 0.420. The number of nitrogens with one attached hydrogen (secondary N) is 1. The lowest BCUT2D eigenvalue weighted by Crippen LogP contribution is -2.27. The Bertz CT molecular complexity index is 374. The number of ether oxygens (including phenoxy) is 1. The molecule has 1 saturated heterocycles. The van der Waals surface area contributed by atoms with E-state index in [1.807, 2.05) is 13.8 Å². The van der Waals surface area contributed by atoms with Gasteiger partial charge in [-0.2, -0.15) is 0 Å². The molecular formula is C15H23NO2. The van der Waals surface area contributed by atoms with E-state index in [1.165, 1.54) is 18.4 Å². The molecule has 1 aromatic carbocycles. The third kappa shape index (κ3) is 3.47. The van der Waals surface area contributed by atoms with Crippen molar-refractivity contribution in [3.8, 4) is 5.75 Å². The van der Waals surface area contributed by atoms with E-state index in [9.17, 15) is 5.11 Å². The van der Waals surface area contributed by atoms with Gasteiger partial charge in [-0.25, -0.2) is 0 Å². The van der Waals surface area contributed by atoms with Crippen LogP contribution in [-0.2, 0) is 11.3 Å². The predicted octanol–water partition coefficient (Wildman–Crippen LogP) is 2.53. The van der Waals surface area contributed by atoms with Crippen molar-refractivity contribution in [3.05, 3.63) is 28.8 Å². The van der Waals surface area contributed by atoms with E-state index in [0.717, 1.165) is 43.3 Å². The van der Waals surface area contributed by atoms with E-state index in [1.54, 1.807) is 0 Å². The van der Waals surface area contributed by atoms with E-state index >= 15 is 0 Å². The first kappa shape index (κ1) is 13.4. The van der Waals surface area contributed by atoms with Crippen molar-refractivity contribution in [3.63, 3.8) is 0 Å². The van der Waals surface area contributed by atoms with Crippen LogP contribution in [0, 0.1) is 19.8 Å². The van der Waals surface area contributed by atoms with Crippen LogP contribution in [0.3, 0.4) is 0 Å². The standard InChI is InChI=1S/C15H23NO2/c1-11-7-14(8-12(2)15(11)17)10-16-9-13-3-5-18-6-4-13/h7-8,13,16-17H,3-6,9-10H2,1-2H3. The van der Waals surface area contributed by atoms with Gasteiger partial charge >= 0.3 is 0 Å². The summed E-state index contributed by atoms with van der Waals surface area (Å²) in [5, 5.41) is 13.2. The number of phenols is 1. The van der Waals surface area contributed by atoms with Crippen molar-refractivity contribution in [1.82, 2.24) is 5.32 Å². The molecule has 0 saturated carbocycles. The molecule has 1 fully saturated rings. The summed E-state index contributed by atoms with van der Waals surface area (Å²) in [7, 11) is 0. The molecule has 1 aromatic rings. The lowest BCUT2D eigenvalue weighted by Gasteiger charge is -2.22. The molecular weight excluding hydrogens is 226 g/mol. The molecule has 0 atom stereocenters. The molecule has 1 heterocycles. The highest BCUT2D eigenvalue weighted by molar-refractivity contribution is 5.42. The van der Waals surface area contributed by atoms with Crippen LogP contribution in [-0.4, -0.2) is 24.9 Å². The first-order valence-corrected chi connectivity index (χ1v) is 6.74. The number of hydrogen-bond acceptors (Lipinski definition) is 3. The molecule has 2 rings (SSSR count). The maximum absolute atomic E-state index is 9.73. The monoisotopic (exact) mass is 249 g/mol. The van der Waals surface area contributed by atoms with Crippen LogP contribution in [0.15, 0.2) is 12.1 Å². The summed E-state index contributed by atoms with van der Waals surface area (Å²) in [6.45, 7) is 7.64. The van der Waals surface area contributed by atoms with Crippen molar-refractivity contribution in [1.29, 1.82) is 0 Å². The third-order valence-corrected chi connectivity index (χ3v) is 3.65. The first-order valence-electron chi connectivity index (χ1n) is 6.74. The Morgan fingerprint density at radius 2 is 1.83 bits per heavy atom. The van der Waals surface area contributed by atoms with Crippen LogP contribution in [0.1, 0.15) is 29.5 Å². The van der Waals surface area contributed by atoms with Crippen LogP contribution in [0.25, 0.3) is 0 Å². The van der Waals surface area contributed by atoms with Gasteiger partial charge in [0.15, 0.2) is 0 Å². The van der Waals surface area contributed by atoms with Crippen molar-refractivity contribution in [2.45, 2.75) is 33.2 Å². The van der Waals surface area contributed by atoms with Crippen molar-refractivity contribution >= 4 is 0 Å². The lowest BCUT2D eigenvalue weighted by atomic mass is 10.00. The van der Waals surface area contributed by atoms with Gasteiger partial charge in [0.05, 0.1) is 0 Å². The molecule has 3 nitrogen and oxygen atoms in total. The maximum atomic E-state index is 9.73. The van der Waals surface area contributed by atoms with Gasteiger partial charge in [-0.3, -0.25) is 0 Å². The third-order valence-electron chi connectivity index (χ3n) is 3.65. The molecule has 1 aliphatic rings. The average Bonchev–Trinajstić information content (AvgIpc) is 2.37. The Hall–Kier alpha value is -1.06. The minimum absolute atomic E-state index is 0.420. The maximum Gasteiger partial charge on any atom is 0.121 e. The van der Waals surface area contributed by atoms with Crippen molar-refractivity contribution < 1.29 is 9.84 Å². The highest BCUT2D eigenvalue weighted by Crippen LogP contribution is 2.22.